The molecule has 1 atom stereocenters. The van der Waals surface area contributed by atoms with Crippen LogP contribution in [0, 0.1) is 5.92 Å². The number of likely N-dealkylation sites (tertiary alicyclic amines) is 1. The van der Waals surface area contributed by atoms with Gasteiger partial charge in [-0.2, -0.15) is 0 Å². The maximum Gasteiger partial charge on any atom is 0.232 e. The van der Waals surface area contributed by atoms with Crippen LogP contribution in [-0.4, -0.2) is 23.3 Å². The fraction of sp³-hybridized carbons (Fsp3) is 0.800. The molecule has 0 aromatic rings. The number of imide groups is 1. The van der Waals surface area contributed by atoms with E-state index < -0.39 is 0 Å². The van der Waals surface area contributed by atoms with Crippen LogP contribution in [0.15, 0.2) is 0 Å². The first-order valence-electron chi connectivity index (χ1n) is 5.01. The second-order valence-electron chi connectivity index (χ2n) is 2.99. The summed E-state index contributed by atoms with van der Waals surface area (Å²) in [6.45, 7) is 8.35. The number of carbonyl (C=O) groups excluding carboxylic acids is 2. The van der Waals surface area contributed by atoms with Crippen LogP contribution < -0.4 is 0 Å². The van der Waals surface area contributed by atoms with E-state index in [1.165, 1.54) is 4.90 Å². The molecule has 0 aliphatic carbocycles. The first-order chi connectivity index (χ1) is 6.16. The molecule has 0 bridgehead atoms. The Bertz CT molecular complexity index is 189. The van der Waals surface area contributed by atoms with Crippen LogP contribution in [0.25, 0.3) is 0 Å². The summed E-state index contributed by atoms with van der Waals surface area (Å²) < 4.78 is 0. The van der Waals surface area contributed by atoms with Crippen molar-refractivity contribution in [1.82, 2.24) is 4.90 Å². The number of carbonyl (C=O) groups is 2. The summed E-state index contributed by atoms with van der Waals surface area (Å²) >= 11 is 0. The molecular formula is C10H19NO2. The molecule has 1 saturated heterocycles. The van der Waals surface area contributed by atoms with Gasteiger partial charge in [-0.3, -0.25) is 14.5 Å². The predicted octanol–water partition coefficient (Wildman–Crippen LogP) is 1.82. The van der Waals surface area contributed by atoms with Gasteiger partial charge in [0.1, 0.15) is 0 Å². The number of hydrogen-bond acceptors (Lipinski definition) is 2. The van der Waals surface area contributed by atoms with E-state index in [1.807, 2.05) is 20.8 Å². The number of nitrogens with zero attached hydrogens (tertiary/aromatic N) is 1. The van der Waals surface area contributed by atoms with Gasteiger partial charge in [0.15, 0.2) is 0 Å². The third kappa shape index (κ3) is 2.83. The van der Waals surface area contributed by atoms with Crippen molar-refractivity contribution >= 4 is 11.8 Å². The molecule has 3 heteroatoms. The Morgan fingerprint density at radius 1 is 1.38 bits per heavy atom. The lowest BCUT2D eigenvalue weighted by Gasteiger charge is -2.11. The minimum absolute atomic E-state index is 0.00292. The van der Waals surface area contributed by atoms with Crippen LogP contribution in [0.1, 0.15) is 40.5 Å². The Labute approximate surface area is 80.1 Å². The summed E-state index contributed by atoms with van der Waals surface area (Å²) in [4.78, 5) is 23.7. The van der Waals surface area contributed by atoms with Gasteiger partial charge in [0.25, 0.3) is 0 Å². The van der Waals surface area contributed by atoms with E-state index in [9.17, 15) is 9.59 Å². The van der Waals surface area contributed by atoms with Crippen LogP contribution in [-0.2, 0) is 9.59 Å². The van der Waals surface area contributed by atoms with Gasteiger partial charge in [-0.05, 0) is 6.42 Å². The van der Waals surface area contributed by atoms with E-state index in [0.29, 0.717) is 13.0 Å². The lowest BCUT2D eigenvalue weighted by atomic mass is 10.1. The molecule has 0 spiro atoms. The fourth-order valence-corrected chi connectivity index (χ4v) is 1.31. The Morgan fingerprint density at radius 2 is 1.92 bits per heavy atom. The van der Waals surface area contributed by atoms with Crippen molar-refractivity contribution in [2.45, 2.75) is 40.5 Å². The summed E-state index contributed by atoms with van der Waals surface area (Å²) in [7, 11) is 0. The van der Waals surface area contributed by atoms with Crippen molar-refractivity contribution in [3.05, 3.63) is 0 Å². The lowest BCUT2D eigenvalue weighted by molar-refractivity contribution is -0.139. The van der Waals surface area contributed by atoms with Gasteiger partial charge in [0.2, 0.25) is 11.8 Å². The zero-order valence-electron chi connectivity index (χ0n) is 8.96. The van der Waals surface area contributed by atoms with E-state index in [-0.39, 0.29) is 17.7 Å². The van der Waals surface area contributed by atoms with E-state index in [1.54, 1.807) is 6.92 Å². The number of amides is 2. The van der Waals surface area contributed by atoms with Crippen molar-refractivity contribution in [1.29, 1.82) is 0 Å². The van der Waals surface area contributed by atoms with Gasteiger partial charge >= 0.3 is 0 Å². The molecule has 1 aliphatic heterocycles. The van der Waals surface area contributed by atoms with E-state index in [2.05, 4.69) is 0 Å². The molecule has 1 unspecified atom stereocenters. The number of hydrogen-bond donors (Lipinski definition) is 0. The normalized spacial score (nSPS) is 21.5. The highest BCUT2D eigenvalue weighted by Crippen LogP contribution is 2.18. The molecule has 1 aliphatic rings. The quantitative estimate of drug-likeness (QED) is 0.615. The van der Waals surface area contributed by atoms with Gasteiger partial charge < -0.3 is 0 Å². The van der Waals surface area contributed by atoms with Crippen LogP contribution in [0.4, 0.5) is 0 Å². The van der Waals surface area contributed by atoms with E-state index >= 15 is 0 Å². The summed E-state index contributed by atoms with van der Waals surface area (Å²) in [5, 5.41) is 0. The van der Waals surface area contributed by atoms with Crippen LogP contribution >= 0.6 is 0 Å². The highest BCUT2D eigenvalue weighted by molar-refractivity contribution is 6.03. The maximum absolute atomic E-state index is 11.2. The second-order valence-corrected chi connectivity index (χ2v) is 2.99. The smallest absolute Gasteiger partial charge is 0.232 e. The van der Waals surface area contributed by atoms with Gasteiger partial charge in [-0.15, -0.1) is 0 Å². The Balaban J connectivity index is 0.000000671. The highest BCUT2D eigenvalue weighted by atomic mass is 16.2. The Kier molecular flexibility index (Phi) is 5.35. The predicted molar refractivity (Wildman–Crippen MR) is 52.1 cm³/mol. The second kappa shape index (κ2) is 5.73. The van der Waals surface area contributed by atoms with Crippen LogP contribution in [0.3, 0.4) is 0 Å². The van der Waals surface area contributed by atoms with Crippen molar-refractivity contribution in [2.75, 3.05) is 6.54 Å². The molecule has 0 radical (unpaired) electrons. The minimum atomic E-state index is -0.0888. The molecule has 1 heterocycles. The summed E-state index contributed by atoms with van der Waals surface area (Å²) in [6, 6.07) is 0. The molecule has 0 saturated carbocycles. The monoisotopic (exact) mass is 185 g/mol. The minimum Gasteiger partial charge on any atom is -0.282 e. The molecule has 13 heavy (non-hydrogen) atoms. The third-order valence-corrected chi connectivity index (χ3v) is 1.92. The highest BCUT2D eigenvalue weighted by Gasteiger charge is 2.34. The van der Waals surface area contributed by atoms with Gasteiger partial charge in [-0.25, -0.2) is 0 Å². The van der Waals surface area contributed by atoms with Gasteiger partial charge in [0, 0.05) is 18.9 Å². The summed E-state index contributed by atoms with van der Waals surface area (Å²) in [6.07, 6.45) is 1.25. The van der Waals surface area contributed by atoms with Gasteiger partial charge in [0.05, 0.1) is 0 Å². The van der Waals surface area contributed by atoms with E-state index in [4.69, 9.17) is 0 Å². The first-order valence-corrected chi connectivity index (χ1v) is 5.01. The zero-order valence-corrected chi connectivity index (χ0v) is 8.96. The molecule has 76 valence electrons. The fourth-order valence-electron chi connectivity index (χ4n) is 1.31. The molecule has 0 aromatic carbocycles. The van der Waals surface area contributed by atoms with Crippen molar-refractivity contribution in [3.63, 3.8) is 0 Å². The van der Waals surface area contributed by atoms with Crippen LogP contribution in [0.2, 0.25) is 0 Å². The topological polar surface area (TPSA) is 37.4 Å². The lowest BCUT2D eigenvalue weighted by Crippen LogP contribution is -2.30. The molecule has 0 aromatic heterocycles. The SMILES string of the molecule is CC.CCCN1C(=O)CC(C)C1=O. The Morgan fingerprint density at radius 3 is 2.23 bits per heavy atom. The average molecular weight is 185 g/mol. The number of rotatable bonds is 2. The standard InChI is InChI=1S/C8H13NO2.C2H6/c1-3-4-9-7(10)5-6(2)8(9)11;1-2/h6H,3-5H2,1-2H3;1-2H3. The molecule has 0 N–H and O–H groups in total. The van der Waals surface area contributed by atoms with Crippen molar-refractivity contribution in [2.24, 2.45) is 5.92 Å². The van der Waals surface area contributed by atoms with Crippen molar-refractivity contribution < 1.29 is 9.59 Å². The average Bonchev–Trinajstić information content (AvgIpc) is 2.36. The molecule has 3 nitrogen and oxygen atoms in total. The molecule has 2 amide bonds. The molecule has 1 rings (SSSR count). The largest absolute Gasteiger partial charge is 0.282 e. The summed E-state index contributed by atoms with van der Waals surface area (Å²) in [5.74, 6) is -0.102. The maximum atomic E-state index is 11.2. The first kappa shape index (κ1) is 12.1. The van der Waals surface area contributed by atoms with Gasteiger partial charge in [-0.1, -0.05) is 27.7 Å². The van der Waals surface area contributed by atoms with Crippen LogP contribution in [0.5, 0.6) is 0 Å². The molecule has 1 fully saturated rings. The third-order valence-electron chi connectivity index (χ3n) is 1.92. The zero-order chi connectivity index (χ0) is 10.4. The van der Waals surface area contributed by atoms with Crippen molar-refractivity contribution in [3.8, 4) is 0 Å². The summed E-state index contributed by atoms with van der Waals surface area (Å²) in [5.41, 5.74) is 0. The van der Waals surface area contributed by atoms with E-state index in [0.717, 1.165) is 6.42 Å². The Hall–Kier alpha value is -0.860. The molecular weight excluding hydrogens is 166 g/mol.